The Bertz CT molecular complexity index is 710. The molecule has 0 aromatic heterocycles. The molecule has 1 fully saturated rings. The summed E-state index contributed by atoms with van der Waals surface area (Å²) in [5, 5.41) is 16.9. The molecule has 0 atom stereocenters. The Kier molecular flexibility index (Phi) is 6.59. The lowest BCUT2D eigenvalue weighted by molar-refractivity contribution is -0.0318. The summed E-state index contributed by atoms with van der Waals surface area (Å²) < 4.78 is 0. The van der Waals surface area contributed by atoms with Crippen molar-refractivity contribution in [3.8, 4) is 11.2 Å². The van der Waals surface area contributed by atoms with E-state index in [4.69, 9.17) is 11.6 Å². The predicted molar refractivity (Wildman–Crippen MR) is 109 cm³/mol. The molecule has 1 aliphatic heterocycles. The van der Waals surface area contributed by atoms with Gasteiger partial charge in [0.25, 0.3) is 0 Å². The van der Waals surface area contributed by atoms with E-state index >= 15 is 0 Å². The third kappa shape index (κ3) is 5.26. The first-order valence-electron chi connectivity index (χ1n) is 8.56. The Morgan fingerprint density at radius 2 is 1.88 bits per heavy atom. The van der Waals surface area contributed by atoms with Crippen LogP contribution in [-0.2, 0) is 0 Å². The van der Waals surface area contributed by atoms with Crippen LogP contribution < -0.4 is 0 Å². The average molecular weight is 376 g/mol. The smallest absolute Gasteiger partial charge is 0.103 e. The van der Waals surface area contributed by atoms with Crippen LogP contribution in [0.4, 0.5) is 5.69 Å². The Labute approximate surface area is 160 Å². The lowest BCUT2D eigenvalue weighted by Crippen LogP contribution is -2.55. The third-order valence-corrected chi connectivity index (χ3v) is 5.24. The fourth-order valence-corrected chi connectivity index (χ4v) is 3.75. The zero-order valence-corrected chi connectivity index (χ0v) is 17.2. The van der Waals surface area contributed by atoms with Crippen LogP contribution in [0.25, 0.3) is 0 Å². The Hall–Kier alpha value is -1.44. The molecule has 1 aliphatic rings. The van der Waals surface area contributed by atoms with Crippen LogP contribution in [0.3, 0.4) is 0 Å². The fraction of sp³-hybridized carbons (Fsp3) is 0.500. The normalized spacial score (nSPS) is 19.2. The second-order valence-corrected chi connectivity index (χ2v) is 8.60. The monoisotopic (exact) mass is 375 g/mol. The van der Waals surface area contributed by atoms with Gasteiger partial charge in [-0.15, -0.1) is 5.11 Å². The summed E-state index contributed by atoms with van der Waals surface area (Å²) >= 11 is 7.57. The van der Waals surface area contributed by atoms with Gasteiger partial charge in [-0.25, -0.2) is 0 Å². The van der Waals surface area contributed by atoms with Crippen molar-refractivity contribution in [1.82, 2.24) is 5.01 Å². The van der Waals surface area contributed by atoms with E-state index in [0.717, 1.165) is 24.1 Å². The third-order valence-electron chi connectivity index (χ3n) is 4.37. The summed E-state index contributed by atoms with van der Waals surface area (Å²) in [5.74, 6) is 3.12. The summed E-state index contributed by atoms with van der Waals surface area (Å²) in [6, 6.07) is 5.54. The molecule has 0 saturated carbocycles. The molecule has 0 aliphatic carbocycles. The minimum atomic E-state index is -0.00864. The van der Waals surface area contributed by atoms with Gasteiger partial charge in [0.05, 0.1) is 16.6 Å². The standard InChI is InChI=1S/C20H26ClN3S/c1-6-13-25-14-10-16-15-17(21)8-9-18(16)22-23-24-19(2,3)11-7-12-20(24,4)5/h6,8-9,13,15H,7,11-12H2,1-5H3. The molecule has 1 aromatic rings. The van der Waals surface area contributed by atoms with E-state index in [1.807, 2.05) is 36.6 Å². The minimum absolute atomic E-state index is 0.00864. The molecule has 0 N–H and O–H groups in total. The second-order valence-electron chi connectivity index (χ2n) is 7.46. The first-order chi connectivity index (χ1) is 11.8. The van der Waals surface area contributed by atoms with E-state index in [1.165, 1.54) is 18.2 Å². The number of piperidine rings is 1. The van der Waals surface area contributed by atoms with Gasteiger partial charge in [-0.1, -0.05) is 28.8 Å². The molecule has 5 heteroatoms. The van der Waals surface area contributed by atoms with Crippen molar-refractivity contribution in [2.45, 2.75) is 65.0 Å². The zero-order valence-electron chi connectivity index (χ0n) is 15.6. The van der Waals surface area contributed by atoms with E-state index in [9.17, 15) is 0 Å². The second kappa shape index (κ2) is 8.29. The summed E-state index contributed by atoms with van der Waals surface area (Å²) in [5.41, 5.74) is 1.52. The highest BCUT2D eigenvalue weighted by Crippen LogP contribution is 2.39. The number of benzene rings is 1. The van der Waals surface area contributed by atoms with E-state index in [2.05, 4.69) is 54.2 Å². The Balaban J connectivity index is 2.31. The molecule has 0 amide bonds. The van der Waals surface area contributed by atoms with Crippen molar-refractivity contribution in [3.05, 3.63) is 40.3 Å². The molecule has 0 unspecified atom stereocenters. The van der Waals surface area contributed by atoms with Crippen molar-refractivity contribution in [2.24, 2.45) is 10.3 Å². The van der Waals surface area contributed by atoms with Gasteiger partial charge in [-0.2, -0.15) is 0 Å². The zero-order chi connectivity index (χ0) is 18.5. The van der Waals surface area contributed by atoms with Gasteiger partial charge in [0.15, 0.2) is 0 Å². The molecule has 0 spiro atoms. The molecule has 0 bridgehead atoms. The molecule has 3 nitrogen and oxygen atoms in total. The van der Waals surface area contributed by atoms with Crippen molar-refractivity contribution in [1.29, 1.82) is 0 Å². The van der Waals surface area contributed by atoms with E-state index < -0.39 is 0 Å². The van der Waals surface area contributed by atoms with Crippen molar-refractivity contribution >= 4 is 29.1 Å². The predicted octanol–water partition coefficient (Wildman–Crippen LogP) is 6.96. The summed E-state index contributed by atoms with van der Waals surface area (Å²) in [6.45, 7) is 10.9. The number of allylic oxidation sites excluding steroid dienone is 1. The molecular weight excluding hydrogens is 350 g/mol. The van der Waals surface area contributed by atoms with Gasteiger partial charge < -0.3 is 0 Å². The maximum atomic E-state index is 6.13. The van der Waals surface area contributed by atoms with Gasteiger partial charge in [0, 0.05) is 5.02 Å². The van der Waals surface area contributed by atoms with Crippen LogP contribution in [0.15, 0.2) is 40.0 Å². The SMILES string of the molecule is CC=CSC#Cc1cc(Cl)ccc1N=NN1C(C)(C)CCCC1(C)C. The van der Waals surface area contributed by atoms with Gasteiger partial charge in [-0.05, 0) is 94.5 Å². The van der Waals surface area contributed by atoms with E-state index in [0.29, 0.717) is 5.02 Å². The molecule has 1 heterocycles. The minimum Gasteiger partial charge on any atom is -0.267 e. The highest BCUT2D eigenvalue weighted by Gasteiger charge is 2.41. The van der Waals surface area contributed by atoms with Crippen LogP contribution in [0.1, 0.15) is 59.4 Å². The van der Waals surface area contributed by atoms with Gasteiger partial charge in [-0.3, -0.25) is 5.01 Å². The van der Waals surface area contributed by atoms with Crippen LogP contribution in [0, 0.1) is 11.2 Å². The summed E-state index contributed by atoms with van der Waals surface area (Å²) in [7, 11) is 0. The maximum absolute atomic E-state index is 6.13. The largest absolute Gasteiger partial charge is 0.267 e. The highest BCUT2D eigenvalue weighted by molar-refractivity contribution is 8.06. The molecule has 1 aromatic carbocycles. The summed E-state index contributed by atoms with van der Waals surface area (Å²) in [4.78, 5) is 0. The quantitative estimate of drug-likeness (QED) is 0.422. The first-order valence-corrected chi connectivity index (χ1v) is 9.81. The number of halogens is 1. The number of hydrogen-bond donors (Lipinski definition) is 0. The lowest BCUT2D eigenvalue weighted by atomic mass is 9.82. The maximum Gasteiger partial charge on any atom is 0.103 e. The molecular formula is C20H26ClN3S. The molecule has 1 saturated heterocycles. The number of rotatable bonds is 3. The van der Waals surface area contributed by atoms with E-state index in [-0.39, 0.29) is 11.1 Å². The fourth-order valence-electron chi connectivity index (χ4n) is 3.20. The Morgan fingerprint density at radius 1 is 1.20 bits per heavy atom. The van der Waals surface area contributed by atoms with Gasteiger partial charge in [0.1, 0.15) is 5.69 Å². The van der Waals surface area contributed by atoms with Crippen LogP contribution in [-0.4, -0.2) is 16.1 Å². The van der Waals surface area contributed by atoms with Crippen LogP contribution in [0.2, 0.25) is 5.02 Å². The molecule has 134 valence electrons. The van der Waals surface area contributed by atoms with Crippen LogP contribution >= 0.6 is 23.4 Å². The first kappa shape index (κ1) is 19.9. The van der Waals surface area contributed by atoms with Crippen molar-refractivity contribution < 1.29 is 0 Å². The molecule has 0 radical (unpaired) electrons. The number of nitrogens with zero attached hydrogens (tertiary/aromatic N) is 3. The van der Waals surface area contributed by atoms with Gasteiger partial charge in [0.2, 0.25) is 0 Å². The van der Waals surface area contributed by atoms with Gasteiger partial charge >= 0.3 is 0 Å². The topological polar surface area (TPSA) is 28.0 Å². The lowest BCUT2D eigenvalue weighted by Gasteiger charge is -2.50. The van der Waals surface area contributed by atoms with Crippen molar-refractivity contribution in [3.63, 3.8) is 0 Å². The van der Waals surface area contributed by atoms with Crippen LogP contribution in [0.5, 0.6) is 0 Å². The molecule has 2 rings (SSSR count). The Morgan fingerprint density at radius 3 is 2.52 bits per heavy atom. The number of hydrogen-bond acceptors (Lipinski definition) is 3. The summed E-state index contributed by atoms with van der Waals surface area (Å²) in [6.07, 6.45) is 5.40. The number of thioether (sulfide) groups is 1. The molecule has 25 heavy (non-hydrogen) atoms. The van der Waals surface area contributed by atoms with Crippen molar-refractivity contribution in [2.75, 3.05) is 0 Å². The van der Waals surface area contributed by atoms with E-state index in [1.54, 1.807) is 0 Å². The average Bonchev–Trinajstić information content (AvgIpc) is 2.51. The highest BCUT2D eigenvalue weighted by atomic mass is 35.5.